The highest BCUT2D eigenvalue weighted by Gasteiger charge is 2.60. The first-order valence-corrected chi connectivity index (χ1v) is 12.0. The monoisotopic (exact) mass is 501 g/mol. The molecule has 3 unspecified atom stereocenters. The highest BCUT2D eigenvalue weighted by molar-refractivity contribution is 6.23. The van der Waals surface area contributed by atoms with E-state index < -0.39 is 35.8 Å². The van der Waals surface area contributed by atoms with Crippen LogP contribution in [0.1, 0.15) is 24.1 Å². The molecule has 2 aliphatic rings. The molecule has 0 spiro atoms. The average Bonchev–Trinajstić information content (AvgIpc) is 3.38. The fourth-order valence-corrected chi connectivity index (χ4v) is 4.81. The summed E-state index contributed by atoms with van der Waals surface area (Å²) in [5.74, 6) is -0.526. The fourth-order valence-electron chi connectivity index (χ4n) is 4.81. The van der Waals surface area contributed by atoms with Crippen molar-refractivity contribution in [3.05, 3.63) is 83.9 Å². The number of anilines is 1. The molecule has 0 saturated carbocycles. The van der Waals surface area contributed by atoms with Crippen LogP contribution >= 0.6 is 0 Å². The van der Waals surface area contributed by atoms with E-state index >= 15 is 0 Å². The van der Waals surface area contributed by atoms with Crippen LogP contribution in [0.3, 0.4) is 0 Å². The number of rotatable bonds is 8. The molecule has 2 fully saturated rings. The number of amides is 3. The van der Waals surface area contributed by atoms with Crippen LogP contribution in [0.15, 0.2) is 72.8 Å². The third kappa shape index (κ3) is 4.66. The second-order valence-corrected chi connectivity index (χ2v) is 8.92. The molecular weight excluding hydrogens is 474 g/mol. The molecule has 0 aromatic heterocycles. The zero-order valence-electron chi connectivity index (χ0n) is 20.5. The molecule has 3 amide bonds. The van der Waals surface area contributed by atoms with E-state index in [0.717, 1.165) is 12.0 Å². The van der Waals surface area contributed by atoms with E-state index in [4.69, 9.17) is 20.0 Å². The SMILES string of the molecule is CCc1ccc(N2C(=O)C3ON(CC(N)=O)C(c4cccc(Oc5ccc(OC)cc5)c4)C3C2=O)cc1. The van der Waals surface area contributed by atoms with Gasteiger partial charge in [-0.15, -0.1) is 0 Å². The van der Waals surface area contributed by atoms with Crippen molar-refractivity contribution < 1.29 is 28.7 Å². The molecule has 9 nitrogen and oxygen atoms in total. The molecular formula is C28H27N3O6. The fraction of sp³-hybridized carbons (Fsp3) is 0.250. The molecule has 2 heterocycles. The molecule has 3 aromatic carbocycles. The van der Waals surface area contributed by atoms with Gasteiger partial charge in [0.15, 0.2) is 6.10 Å². The number of aryl methyl sites for hydroxylation is 1. The zero-order chi connectivity index (χ0) is 26.1. The number of hydrogen-bond donors (Lipinski definition) is 1. The largest absolute Gasteiger partial charge is 0.497 e. The highest BCUT2D eigenvalue weighted by Crippen LogP contribution is 2.46. The second kappa shape index (κ2) is 10.0. The number of benzene rings is 3. The van der Waals surface area contributed by atoms with Gasteiger partial charge in [-0.25, -0.2) is 4.90 Å². The van der Waals surface area contributed by atoms with Gasteiger partial charge in [0.25, 0.3) is 5.91 Å². The maximum absolute atomic E-state index is 13.6. The van der Waals surface area contributed by atoms with Gasteiger partial charge >= 0.3 is 0 Å². The molecule has 2 N–H and O–H groups in total. The summed E-state index contributed by atoms with van der Waals surface area (Å²) in [4.78, 5) is 45.8. The first kappa shape index (κ1) is 24.5. The lowest BCUT2D eigenvalue weighted by Gasteiger charge is -2.26. The Bertz CT molecular complexity index is 1320. The van der Waals surface area contributed by atoms with Gasteiger partial charge in [0.2, 0.25) is 11.8 Å². The third-order valence-electron chi connectivity index (χ3n) is 6.60. The molecule has 0 aliphatic carbocycles. The first-order valence-electron chi connectivity index (χ1n) is 12.0. The number of fused-ring (bicyclic) bond motifs is 1. The number of ether oxygens (including phenoxy) is 2. The molecule has 0 bridgehead atoms. The average molecular weight is 502 g/mol. The Morgan fingerprint density at radius 3 is 2.30 bits per heavy atom. The molecule has 0 radical (unpaired) electrons. The van der Waals surface area contributed by atoms with Crippen molar-refractivity contribution in [3.63, 3.8) is 0 Å². The lowest BCUT2D eigenvalue weighted by Crippen LogP contribution is -2.40. The Balaban J connectivity index is 1.46. The van der Waals surface area contributed by atoms with Crippen LogP contribution in [0.2, 0.25) is 0 Å². The van der Waals surface area contributed by atoms with Gasteiger partial charge in [-0.2, -0.15) is 5.06 Å². The van der Waals surface area contributed by atoms with Gasteiger partial charge in [-0.05, 0) is 66.1 Å². The lowest BCUT2D eigenvalue weighted by molar-refractivity contribution is -0.175. The standard InChI is InChI=1S/C28H27N3O6/c1-3-17-7-9-19(10-8-17)31-27(33)24-25(30(16-23(29)32)37-26(24)28(31)34)18-5-4-6-22(15-18)36-21-13-11-20(35-2)12-14-21/h4-15,24-26H,3,16H2,1-2H3,(H2,29,32). The summed E-state index contributed by atoms with van der Waals surface area (Å²) in [5.41, 5.74) is 7.70. The lowest BCUT2D eigenvalue weighted by atomic mass is 9.90. The van der Waals surface area contributed by atoms with E-state index in [1.165, 1.54) is 9.96 Å². The number of nitrogens with zero attached hydrogens (tertiary/aromatic N) is 2. The van der Waals surface area contributed by atoms with Crippen LogP contribution in [0, 0.1) is 5.92 Å². The minimum Gasteiger partial charge on any atom is -0.497 e. The first-order chi connectivity index (χ1) is 17.9. The molecule has 3 aromatic rings. The van der Waals surface area contributed by atoms with Crippen LogP contribution in [0.5, 0.6) is 17.2 Å². The number of nitrogens with two attached hydrogens (primary N) is 1. The Morgan fingerprint density at radius 1 is 0.946 bits per heavy atom. The highest BCUT2D eigenvalue weighted by atomic mass is 16.7. The van der Waals surface area contributed by atoms with Crippen molar-refractivity contribution in [2.75, 3.05) is 18.6 Å². The van der Waals surface area contributed by atoms with Crippen LogP contribution in [-0.4, -0.2) is 42.5 Å². The van der Waals surface area contributed by atoms with Gasteiger partial charge in [-0.3, -0.25) is 19.2 Å². The molecule has 5 rings (SSSR count). The van der Waals surface area contributed by atoms with Crippen LogP contribution in [-0.2, 0) is 25.6 Å². The smallest absolute Gasteiger partial charge is 0.265 e. The Labute approximate surface area is 214 Å². The number of carbonyl (C=O) groups excluding carboxylic acids is 3. The van der Waals surface area contributed by atoms with Crippen molar-refractivity contribution >= 4 is 23.4 Å². The molecule has 9 heteroatoms. The van der Waals surface area contributed by atoms with Crippen molar-refractivity contribution in [1.82, 2.24) is 5.06 Å². The molecule has 2 saturated heterocycles. The maximum atomic E-state index is 13.6. The zero-order valence-corrected chi connectivity index (χ0v) is 20.5. The summed E-state index contributed by atoms with van der Waals surface area (Å²) in [6.07, 6.45) is -0.218. The van der Waals surface area contributed by atoms with E-state index in [1.54, 1.807) is 61.7 Å². The van der Waals surface area contributed by atoms with E-state index in [9.17, 15) is 14.4 Å². The summed E-state index contributed by atoms with van der Waals surface area (Å²) in [6.45, 7) is 1.76. The van der Waals surface area contributed by atoms with Crippen LogP contribution in [0.25, 0.3) is 0 Å². The predicted octanol–water partition coefficient (Wildman–Crippen LogP) is 3.38. The molecule has 37 heavy (non-hydrogen) atoms. The number of hydroxylamine groups is 2. The second-order valence-electron chi connectivity index (χ2n) is 8.92. The van der Waals surface area contributed by atoms with Gasteiger partial charge < -0.3 is 15.2 Å². The number of hydrogen-bond acceptors (Lipinski definition) is 7. The topological polar surface area (TPSA) is 111 Å². The number of carbonyl (C=O) groups is 3. The number of imide groups is 1. The van der Waals surface area contributed by atoms with E-state index in [-0.39, 0.29) is 6.54 Å². The van der Waals surface area contributed by atoms with E-state index in [2.05, 4.69) is 0 Å². The van der Waals surface area contributed by atoms with Crippen molar-refractivity contribution in [2.24, 2.45) is 11.7 Å². The van der Waals surface area contributed by atoms with Crippen LogP contribution < -0.4 is 20.1 Å². The van der Waals surface area contributed by atoms with Gasteiger partial charge in [0.1, 0.15) is 23.8 Å². The summed E-state index contributed by atoms with van der Waals surface area (Å²) >= 11 is 0. The van der Waals surface area contributed by atoms with E-state index in [0.29, 0.717) is 28.5 Å². The van der Waals surface area contributed by atoms with Crippen LogP contribution in [0.4, 0.5) is 5.69 Å². The minimum atomic E-state index is -1.06. The van der Waals surface area contributed by atoms with E-state index in [1.807, 2.05) is 25.1 Å². The molecule has 190 valence electrons. The van der Waals surface area contributed by atoms with Gasteiger partial charge in [0.05, 0.1) is 24.8 Å². The Morgan fingerprint density at radius 2 is 1.65 bits per heavy atom. The molecule has 2 aliphatic heterocycles. The normalized spacial score (nSPS) is 21.2. The quantitative estimate of drug-likeness (QED) is 0.471. The minimum absolute atomic E-state index is 0.271. The predicted molar refractivity (Wildman–Crippen MR) is 135 cm³/mol. The number of primary amides is 1. The summed E-state index contributed by atoms with van der Waals surface area (Å²) in [5, 5.41) is 1.33. The van der Waals surface area contributed by atoms with Gasteiger partial charge in [0, 0.05) is 0 Å². The third-order valence-corrected chi connectivity index (χ3v) is 6.60. The van der Waals surface area contributed by atoms with Crippen molar-refractivity contribution in [3.8, 4) is 17.2 Å². The summed E-state index contributed by atoms with van der Waals surface area (Å²) in [7, 11) is 1.59. The maximum Gasteiger partial charge on any atom is 0.265 e. The Hall–Kier alpha value is -4.21. The van der Waals surface area contributed by atoms with Crippen molar-refractivity contribution in [1.29, 1.82) is 0 Å². The van der Waals surface area contributed by atoms with Crippen molar-refractivity contribution in [2.45, 2.75) is 25.5 Å². The number of methoxy groups -OCH3 is 1. The summed E-state index contributed by atoms with van der Waals surface area (Å²) < 4.78 is 11.2. The summed E-state index contributed by atoms with van der Waals surface area (Å²) in [6, 6.07) is 20.9. The molecule has 3 atom stereocenters. The van der Waals surface area contributed by atoms with Gasteiger partial charge in [-0.1, -0.05) is 31.2 Å². The Kier molecular flexibility index (Phi) is 6.64.